The summed E-state index contributed by atoms with van der Waals surface area (Å²) in [6.45, 7) is 0.632. The second-order valence-corrected chi connectivity index (χ2v) is 6.02. The van der Waals surface area contributed by atoms with Gasteiger partial charge >= 0.3 is 0 Å². The first-order valence-electron chi connectivity index (χ1n) is 8.10. The molecular weight excluding hydrogens is 432 g/mol. The third-order valence-electron chi connectivity index (χ3n) is 4.21. The van der Waals surface area contributed by atoms with Crippen molar-refractivity contribution in [1.29, 1.82) is 0 Å². The molecule has 0 unspecified atom stereocenters. The van der Waals surface area contributed by atoms with Crippen LogP contribution < -0.4 is 11.1 Å². The van der Waals surface area contributed by atoms with Crippen molar-refractivity contribution >= 4 is 35.6 Å². The van der Waals surface area contributed by atoms with E-state index in [1.807, 2.05) is 6.07 Å². The Kier molecular flexibility index (Phi) is 7.19. The second-order valence-electron chi connectivity index (χ2n) is 6.02. The number of nitrogens with one attached hydrogen (secondary N) is 1. The van der Waals surface area contributed by atoms with E-state index in [1.54, 1.807) is 19.2 Å². The van der Waals surface area contributed by atoms with Crippen molar-refractivity contribution in [3.63, 3.8) is 0 Å². The molecule has 0 spiro atoms. The normalized spacial score (nSPS) is 13.3. The molecule has 0 amide bonds. The van der Waals surface area contributed by atoms with Crippen LogP contribution in [-0.4, -0.2) is 13.1 Å². The van der Waals surface area contributed by atoms with Crippen LogP contribution in [0.5, 0.6) is 0 Å². The zero-order valence-electron chi connectivity index (χ0n) is 14.2. The third kappa shape index (κ3) is 5.15. The van der Waals surface area contributed by atoms with Crippen molar-refractivity contribution in [1.82, 2.24) is 0 Å². The number of anilines is 1. The Balaban J connectivity index is 0.00000225. The molecule has 134 valence electrons. The number of fused-ring (bicyclic) bond motifs is 1. The predicted octanol–water partition coefficient (Wildman–Crippen LogP) is 4.01. The minimum Gasteiger partial charge on any atom is -0.380 e. The third-order valence-corrected chi connectivity index (χ3v) is 4.21. The molecule has 0 heterocycles. The molecule has 6 heteroatoms. The van der Waals surface area contributed by atoms with Gasteiger partial charge in [0.1, 0.15) is 5.82 Å². The Bertz CT molecular complexity index is 764. The predicted molar refractivity (Wildman–Crippen MR) is 110 cm³/mol. The van der Waals surface area contributed by atoms with E-state index in [2.05, 4.69) is 22.4 Å². The zero-order valence-corrected chi connectivity index (χ0v) is 16.5. The molecule has 0 saturated heterocycles. The van der Waals surface area contributed by atoms with Gasteiger partial charge in [-0.05, 0) is 60.2 Å². The molecule has 3 rings (SSSR count). The Labute approximate surface area is 164 Å². The number of rotatable bonds is 5. The van der Waals surface area contributed by atoms with Crippen LogP contribution in [0.25, 0.3) is 0 Å². The maximum atomic E-state index is 13.6. The van der Waals surface area contributed by atoms with Crippen LogP contribution >= 0.6 is 24.0 Å². The van der Waals surface area contributed by atoms with E-state index in [-0.39, 0.29) is 36.4 Å². The Morgan fingerprint density at radius 2 is 2.00 bits per heavy atom. The molecular formula is C19H23FIN3O. The SMILES string of the molecule is COCc1cc(CN=C(N)Nc2ccc3c(c2)CCC3)ccc1F.I. The molecule has 3 N–H and O–H groups in total. The summed E-state index contributed by atoms with van der Waals surface area (Å²) in [5, 5.41) is 3.12. The fraction of sp³-hybridized carbons (Fsp3) is 0.316. The topological polar surface area (TPSA) is 59.6 Å². The van der Waals surface area contributed by atoms with Gasteiger partial charge in [0, 0.05) is 18.4 Å². The maximum absolute atomic E-state index is 13.6. The Hall–Kier alpha value is -1.67. The lowest BCUT2D eigenvalue weighted by Crippen LogP contribution is -2.22. The fourth-order valence-electron chi connectivity index (χ4n) is 3.01. The summed E-state index contributed by atoms with van der Waals surface area (Å²) in [7, 11) is 1.54. The van der Waals surface area contributed by atoms with Crippen LogP contribution in [0.2, 0.25) is 0 Å². The molecule has 4 nitrogen and oxygen atoms in total. The molecule has 1 aliphatic rings. The number of nitrogens with zero attached hydrogens (tertiary/aromatic N) is 1. The second kappa shape index (κ2) is 9.15. The van der Waals surface area contributed by atoms with Crippen molar-refractivity contribution in [2.24, 2.45) is 10.7 Å². The van der Waals surface area contributed by atoms with Crippen molar-refractivity contribution in [2.75, 3.05) is 12.4 Å². The van der Waals surface area contributed by atoms with E-state index < -0.39 is 0 Å². The largest absolute Gasteiger partial charge is 0.380 e. The van der Waals surface area contributed by atoms with Gasteiger partial charge in [-0.25, -0.2) is 9.38 Å². The Morgan fingerprint density at radius 1 is 1.20 bits per heavy atom. The summed E-state index contributed by atoms with van der Waals surface area (Å²) in [6, 6.07) is 11.2. The highest BCUT2D eigenvalue weighted by Gasteiger charge is 2.11. The van der Waals surface area contributed by atoms with E-state index in [9.17, 15) is 4.39 Å². The van der Waals surface area contributed by atoms with Gasteiger partial charge in [0.25, 0.3) is 0 Å². The molecule has 0 aromatic heterocycles. The van der Waals surface area contributed by atoms with Crippen molar-refractivity contribution < 1.29 is 9.13 Å². The van der Waals surface area contributed by atoms with Gasteiger partial charge < -0.3 is 15.8 Å². The lowest BCUT2D eigenvalue weighted by Gasteiger charge is -2.08. The maximum Gasteiger partial charge on any atom is 0.193 e. The fourth-order valence-corrected chi connectivity index (χ4v) is 3.01. The first kappa shape index (κ1) is 19.7. The number of aliphatic imine (C=N–C) groups is 1. The van der Waals surface area contributed by atoms with Crippen molar-refractivity contribution in [3.8, 4) is 0 Å². The number of guanidine groups is 1. The zero-order chi connectivity index (χ0) is 16.9. The van der Waals surface area contributed by atoms with Crippen LogP contribution in [0.1, 0.15) is 28.7 Å². The number of benzene rings is 2. The summed E-state index contributed by atoms with van der Waals surface area (Å²) in [6.07, 6.45) is 3.50. The summed E-state index contributed by atoms with van der Waals surface area (Å²) >= 11 is 0. The van der Waals surface area contributed by atoms with E-state index in [0.717, 1.165) is 24.1 Å². The van der Waals surface area contributed by atoms with E-state index in [1.165, 1.54) is 23.6 Å². The summed E-state index contributed by atoms with van der Waals surface area (Å²) in [4.78, 5) is 4.33. The lowest BCUT2D eigenvalue weighted by atomic mass is 10.1. The molecule has 2 aromatic rings. The van der Waals surface area contributed by atoms with Crippen LogP contribution in [0, 0.1) is 5.82 Å². The highest BCUT2D eigenvalue weighted by molar-refractivity contribution is 14.0. The van der Waals surface area contributed by atoms with Crippen LogP contribution in [0.15, 0.2) is 41.4 Å². The van der Waals surface area contributed by atoms with Crippen LogP contribution in [-0.2, 0) is 30.7 Å². The summed E-state index contributed by atoms with van der Waals surface area (Å²) < 4.78 is 18.6. The number of methoxy groups -OCH3 is 1. The molecule has 0 fully saturated rings. The van der Waals surface area contributed by atoms with Gasteiger partial charge in [-0.1, -0.05) is 12.1 Å². The minimum absolute atomic E-state index is 0. The number of halogens is 2. The molecule has 0 aliphatic heterocycles. The van der Waals surface area contributed by atoms with Crippen LogP contribution in [0.4, 0.5) is 10.1 Å². The van der Waals surface area contributed by atoms with Gasteiger partial charge in [-0.3, -0.25) is 0 Å². The van der Waals surface area contributed by atoms with E-state index in [4.69, 9.17) is 10.5 Å². The molecule has 1 aliphatic carbocycles. The van der Waals surface area contributed by atoms with Gasteiger partial charge in [0.2, 0.25) is 0 Å². The smallest absolute Gasteiger partial charge is 0.193 e. The number of nitrogens with two attached hydrogens (primary N) is 1. The first-order valence-corrected chi connectivity index (χ1v) is 8.10. The molecule has 0 atom stereocenters. The monoisotopic (exact) mass is 455 g/mol. The van der Waals surface area contributed by atoms with Crippen LogP contribution in [0.3, 0.4) is 0 Å². The number of ether oxygens (including phenoxy) is 1. The van der Waals surface area contributed by atoms with Gasteiger partial charge in [-0.15, -0.1) is 24.0 Å². The number of hydrogen-bond acceptors (Lipinski definition) is 2. The average Bonchev–Trinajstić information content (AvgIpc) is 3.03. The molecule has 25 heavy (non-hydrogen) atoms. The average molecular weight is 455 g/mol. The molecule has 0 saturated carbocycles. The van der Waals surface area contributed by atoms with E-state index >= 15 is 0 Å². The minimum atomic E-state index is -0.270. The highest BCUT2D eigenvalue weighted by Crippen LogP contribution is 2.24. The van der Waals surface area contributed by atoms with E-state index in [0.29, 0.717) is 18.1 Å². The standard InChI is InChI=1S/C19H22FN3O.HI/c1-24-12-16-9-13(5-8-18(16)20)11-22-19(21)23-17-7-6-14-3-2-4-15(14)10-17;/h5-10H,2-4,11-12H2,1H3,(H3,21,22,23);1H. The van der Waals surface area contributed by atoms with Gasteiger partial charge in [0.15, 0.2) is 5.96 Å². The van der Waals surface area contributed by atoms with Gasteiger partial charge in [0.05, 0.1) is 13.2 Å². The quantitative estimate of drug-likeness (QED) is 0.407. The van der Waals surface area contributed by atoms with Crippen molar-refractivity contribution in [3.05, 3.63) is 64.5 Å². The molecule has 2 aromatic carbocycles. The molecule has 0 bridgehead atoms. The van der Waals surface area contributed by atoms with Crippen molar-refractivity contribution in [2.45, 2.75) is 32.4 Å². The van der Waals surface area contributed by atoms with Gasteiger partial charge in [-0.2, -0.15) is 0 Å². The number of hydrogen-bond donors (Lipinski definition) is 2. The first-order chi connectivity index (χ1) is 11.7. The summed E-state index contributed by atoms with van der Waals surface area (Å²) in [5.41, 5.74) is 11.1. The highest BCUT2D eigenvalue weighted by atomic mass is 127. The molecule has 0 radical (unpaired) electrons. The summed E-state index contributed by atoms with van der Waals surface area (Å²) in [5.74, 6) is 0.0828. The lowest BCUT2D eigenvalue weighted by molar-refractivity contribution is 0.181. The Morgan fingerprint density at radius 3 is 2.80 bits per heavy atom. The number of aryl methyl sites for hydroxylation is 2.